The first-order chi connectivity index (χ1) is 12.2. The summed E-state index contributed by atoms with van der Waals surface area (Å²) in [6.45, 7) is 7.29. The van der Waals surface area contributed by atoms with E-state index >= 15 is 0 Å². The van der Waals surface area contributed by atoms with E-state index in [4.69, 9.17) is 4.74 Å². The van der Waals surface area contributed by atoms with Gasteiger partial charge in [0.2, 0.25) is 0 Å². The number of hydrogen-bond donors (Lipinski definition) is 0. The topological polar surface area (TPSA) is 63.7 Å². The van der Waals surface area contributed by atoms with E-state index in [0.29, 0.717) is 4.88 Å². The van der Waals surface area contributed by atoms with Crippen LogP contribution in [0.5, 0.6) is 0 Å². The summed E-state index contributed by atoms with van der Waals surface area (Å²) in [6.07, 6.45) is 3.28. The van der Waals surface area contributed by atoms with Gasteiger partial charge in [0.05, 0.1) is 11.3 Å². The normalized spacial score (nSPS) is 26.6. The Bertz CT molecular complexity index is 697. The van der Waals surface area contributed by atoms with Gasteiger partial charge < -0.3 is 9.64 Å². The molecule has 2 atom stereocenters. The first-order valence-electron chi connectivity index (χ1n) is 9.19. The quantitative estimate of drug-likeness (QED) is 0.560. The first kappa shape index (κ1) is 19.1. The molecule has 142 valence electrons. The van der Waals surface area contributed by atoms with Crippen LogP contribution < -0.4 is 0 Å². The second-order valence-corrected chi connectivity index (χ2v) is 9.74. The Balaban J connectivity index is 1.45. The van der Waals surface area contributed by atoms with E-state index in [2.05, 4.69) is 20.8 Å². The average molecular weight is 378 g/mol. The van der Waals surface area contributed by atoms with Crippen molar-refractivity contribution in [3.8, 4) is 0 Å². The molecule has 3 rings (SSSR count). The van der Waals surface area contributed by atoms with Crippen LogP contribution >= 0.6 is 11.3 Å². The van der Waals surface area contributed by atoms with Gasteiger partial charge >= 0.3 is 5.97 Å². The van der Waals surface area contributed by atoms with Gasteiger partial charge in [0, 0.05) is 19.0 Å². The zero-order valence-electron chi connectivity index (χ0n) is 15.7. The predicted molar refractivity (Wildman–Crippen MR) is 100 cm³/mol. The highest BCUT2D eigenvalue weighted by molar-refractivity contribution is 7.12. The highest BCUT2D eigenvalue weighted by atomic mass is 32.1. The molecule has 5 nitrogen and oxygen atoms in total. The van der Waals surface area contributed by atoms with E-state index in [9.17, 15) is 14.4 Å². The third-order valence-corrected chi connectivity index (χ3v) is 6.35. The highest BCUT2D eigenvalue weighted by Crippen LogP contribution is 2.52. The van der Waals surface area contributed by atoms with Crippen LogP contribution in [0.4, 0.5) is 0 Å². The van der Waals surface area contributed by atoms with Crippen LogP contribution in [0.1, 0.15) is 62.5 Å². The number of likely N-dealkylation sites (tertiary alicyclic amines) is 1. The maximum Gasteiger partial charge on any atom is 0.306 e. The molecule has 0 spiro atoms. The van der Waals surface area contributed by atoms with E-state index < -0.39 is 5.97 Å². The van der Waals surface area contributed by atoms with Gasteiger partial charge in [-0.2, -0.15) is 0 Å². The standard InChI is InChI=1S/C20H27NO4S/c1-19(2)9-14-10-20(3,12-19)13-21(14)17(23)11-25-18(24)7-6-15(22)16-5-4-8-26-16/h4-5,8,14H,6-7,9-13H2,1-3H3/t14-,20+/m0/s1. The monoisotopic (exact) mass is 377 g/mol. The van der Waals surface area contributed by atoms with Crippen LogP contribution in [0, 0.1) is 10.8 Å². The van der Waals surface area contributed by atoms with Crippen molar-refractivity contribution in [1.29, 1.82) is 0 Å². The maximum absolute atomic E-state index is 12.6. The Morgan fingerprint density at radius 2 is 2.00 bits per heavy atom. The molecule has 6 heteroatoms. The molecule has 0 N–H and O–H groups in total. The molecule has 0 unspecified atom stereocenters. The maximum atomic E-state index is 12.6. The number of esters is 1. The van der Waals surface area contributed by atoms with Crippen molar-refractivity contribution in [2.75, 3.05) is 13.2 Å². The van der Waals surface area contributed by atoms with Crippen LogP contribution in [0.25, 0.3) is 0 Å². The van der Waals surface area contributed by atoms with Gasteiger partial charge in [-0.05, 0) is 41.5 Å². The number of nitrogens with zero attached hydrogens (tertiary/aromatic N) is 1. The fraction of sp³-hybridized carbons (Fsp3) is 0.650. The molecule has 1 aromatic heterocycles. The molecule has 1 aromatic rings. The summed E-state index contributed by atoms with van der Waals surface area (Å²) in [6, 6.07) is 3.80. The van der Waals surface area contributed by atoms with Gasteiger partial charge in [0.25, 0.3) is 5.91 Å². The third-order valence-electron chi connectivity index (χ3n) is 5.44. The Hall–Kier alpha value is -1.69. The van der Waals surface area contributed by atoms with Gasteiger partial charge in [0.15, 0.2) is 12.4 Å². The van der Waals surface area contributed by atoms with E-state index in [-0.39, 0.29) is 48.0 Å². The zero-order valence-corrected chi connectivity index (χ0v) is 16.6. The second kappa shape index (κ2) is 7.14. The lowest BCUT2D eigenvalue weighted by molar-refractivity contribution is -0.152. The van der Waals surface area contributed by atoms with Crippen molar-refractivity contribution in [1.82, 2.24) is 4.90 Å². The molecule has 0 radical (unpaired) electrons. The minimum Gasteiger partial charge on any atom is -0.456 e. The lowest BCUT2D eigenvalue weighted by Crippen LogP contribution is -2.39. The van der Waals surface area contributed by atoms with E-state index in [1.807, 2.05) is 16.3 Å². The number of rotatable bonds is 6. The molecular weight excluding hydrogens is 350 g/mol. The van der Waals surface area contributed by atoms with Gasteiger partial charge in [-0.1, -0.05) is 26.8 Å². The SMILES string of the molecule is CC1(C)C[C@H]2C[C@@](C)(CN2C(=O)COC(=O)CCC(=O)c2cccs2)C1. The number of amides is 1. The van der Waals surface area contributed by atoms with Crippen LogP contribution in [-0.2, 0) is 14.3 Å². The summed E-state index contributed by atoms with van der Waals surface area (Å²) in [5, 5.41) is 1.83. The number of ketones is 1. The number of ether oxygens (including phenoxy) is 1. The van der Waals surface area contributed by atoms with Gasteiger partial charge in [-0.15, -0.1) is 11.3 Å². The molecule has 2 bridgehead atoms. The molecule has 2 heterocycles. The average Bonchev–Trinajstić information content (AvgIpc) is 3.15. The van der Waals surface area contributed by atoms with Crippen molar-refractivity contribution in [3.05, 3.63) is 22.4 Å². The van der Waals surface area contributed by atoms with Crippen LogP contribution in [0.3, 0.4) is 0 Å². The number of Topliss-reactive ketones (excluding diaryl/α,β-unsaturated/α-hetero) is 1. The summed E-state index contributed by atoms with van der Waals surface area (Å²) < 4.78 is 5.14. The lowest BCUT2D eigenvalue weighted by Gasteiger charge is -2.39. The number of thiophene rings is 1. The van der Waals surface area contributed by atoms with E-state index in [0.717, 1.165) is 25.8 Å². The summed E-state index contributed by atoms with van der Waals surface area (Å²) >= 11 is 1.36. The Morgan fingerprint density at radius 3 is 2.69 bits per heavy atom. The molecule has 1 aliphatic heterocycles. The van der Waals surface area contributed by atoms with Crippen LogP contribution in [-0.4, -0.2) is 41.8 Å². The Labute approximate surface area is 158 Å². The number of carbonyl (C=O) groups is 3. The smallest absolute Gasteiger partial charge is 0.306 e. The summed E-state index contributed by atoms with van der Waals surface area (Å²) in [5.74, 6) is -0.668. The predicted octanol–water partition coefficient (Wildman–Crippen LogP) is 3.68. The number of fused-ring (bicyclic) bond motifs is 2. The highest BCUT2D eigenvalue weighted by Gasteiger charge is 2.50. The fourth-order valence-electron chi connectivity index (χ4n) is 4.82. The van der Waals surface area contributed by atoms with E-state index in [1.165, 1.54) is 11.3 Å². The molecule has 1 aliphatic carbocycles. The zero-order chi connectivity index (χ0) is 18.9. The molecule has 1 saturated carbocycles. The van der Waals surface area contributed by atoms with Crippen molar-refractivity contribution in [2.24, 2.45) is 10.8 Å². The van der Waals surface area contributed by atoms with Crippen molar-refractivity contribution >= 4 is 29.0 Å². The summed E-state index contributed by atoms with van der Waals surface area (Å²) in [7, 11) is 0. The molecule has 2 aliphatic rings. The molecule has 0 aromatic carbocycles. The summed E-state index contributed by atoms with van der Waals surface area (Å²) in [4.78, 5) is 38.9. The summed E-state index contributed by atoms with van der Waals surface area (Å²) in [5.41, 5.74) is 0.407. The van der Waals surface area contributed by atoms with Gasteiger partial charge in [-0.3, -0.25) is 14.4 Å². The molecular formula is C20H27NO4S. The lowest BCUT2D eigenvalue weighted by atomic mass is 9.65. The minimum absolute atomic E-state index is 0.0121. The molecule has 26 heavy (non-hydrogen) atoms. The van der Waals surface area contributed by atoms with E-state index in [1.54, 1.807) is 6.07 Å². The second-order valence-electron chi connectivity index (χ2n) is 8.80. The number of hydrogen-bond acceptors (Lipinski definition) is 5. The van der Waals surface area contributed by atoms with Gasteiger partial charge in [0.1, 0.15) is 0 Å². The van der Waals surface area contributed by atoms with Crippen molar-refractivity contribution < 1.29 is 19.1 Å². The van der Waals surface area contributed by atoms with Crippen molar-refractivity contribution in [2.45, 2.75) is 58.9 Å². The van der Waals surface area contributed by atoms with Crippen molar-refractivity contribution in [3.63, 3.8) is 0 Å². The third kappa shape index (κ3) is 4.34. The first-order valence-corrected chi connectivity index (χ1v) is 10.1. The Morgan fingerprint density at radius 1 is 1.23 bits per heavy atom. The Kier molecular flexibility index (Phi) is 5.24. The minimum atomic E-state index is -0.489. The molecule has 2 fully saturated rings. The van der Waals surface area contributed by atoms with Crippen LogP contribution in [0.2, 0.25) is 0 Å². The van der Waals surface area contributed by atoms with Gasteiger partial charge in [-0.25, -0.2) is 0 Å². The fourth-order valence-corrected chi connectivity index (χ4v) is 5.52. The van der Waals surface area contributed by atoms with Crippen LogP contribution in [0.15, 0.2) is 17.5 Å². The number of carbonyl (C=O) groups excluding carboxylic acids is 3. The largest absolute Gasteiger partial charge is 0.456 e. The molecule has 1 saturated heterocycles. The molecule has 1 amide bonds.